The molecule has 2 radical (unpaired) electrons. The number of hydrogen-bond acceptors (Lipinski definition) is 1. The molecule has 0 heterocycles. The van der Waals surface area contributed by atoms with E-state index in [4.69, 9.17) is 4.74 Å². The molecule has 0 aliphatic heterocycles. The summed E-state index contributed by atoms with van der Waals surface area (Å²) in [7, 11) is 1.86. The van der Waals surface area contributed by atoms with Crippen LogP contribution in [0.3, 0.4) is 0 Å². The molecule has 0 bridgehead atoms. The third-order valence-corrected chi connectivity index (χ3v) is 5.64. The maximum absolute atomic E-state index is 5.86. The van der Waals surface area contributed by atoms with Crippen LogP contribution in [0.5, 0.6) is 5.75 Å². The molecule has 0 N–H and O–H groups in total. The summed E-state index contributed by atoms with van der Waals surface area (Å²) in [5.74, 6) is 1.21. The monoisotopic (exact) mass is 396 g/mol. The molecule has 0 aromatic heterocycles. The Kier molecular flexibility index (Phi) is 9.46. The molecular formula is C19H32OSn. The molecule has 118 valence electrons. The van der Waals surface area contributed by atoms with Gasteiger partial charge < -0.3 is 0 Å². The standard InChI is InChI=1S/C19H31O.Sn.H/c1-5-8-11-16-14-15-17(12-9-6-2)19(20-4)18(16)13-10-7-3;;/h15H,5-13H2,1-4H3;;. The van der Waals surface area contributed by atoms with Crippen LogP contribution in [0.1, 0.15) is 76.0 Å². The molecule has 2 heteroatoms. The van der Waals surface area contributed by atoms with Gasteiger partial charge in [-0.05, 0) is 0 Å². The molecular weight excluding hydrogens is 363 g/mol. The van der Waals surface area contributed by atoms with Gasteiger partial charge in [-0.25, -0.2) is 0 Å². The summed E-state index contributed by atoms with van der Waals surface area (Å²) >= 11 is 1.22. The van der Waals surface area contributed by atoms with Gasteiger partial charge in [0.1, 0.15) is 0 Å². The SMILES string of the molecule is CCCCc1c[c]([SnH])c(CCCC)c(CCCC)c1OC. The zero-order valence-electron chi connectivity index (χ0n) is 14.4. The fourth-order valence-corrected chi connectivity index (χ4v) is 4.40. The van der Waals surface area contributed by atoms with Gasteiger partial charge in [-0.3, -0.25) is 0 Å². The van der Waals surface area contributed by atoms with Crippen molar-refractivity contribution in [2.75, 3.05) is 7.11 Å². The van der Waals surface area contributed by atoms with Crippen LogP contribution in [0.25, 0.3) is 0 Å². The van der Waals surface area contributed by atoms with Crippen molar-refractivity contribution in [1.29, 1.82) is 0 Å². The van der Waals surface area contributed by atoms with Crippen molar-refractivity contribution in [2.45, 2.75) is 78.6 Å². The van der Waals surface area contributed by atoms with E-state index in [2.05, 4.69) is 26.8 Å². The normalized spacial score (nSPS) is 10.9. The van der Waals surface area contributed by atoms with Crippen LogP contribution >= 0.6 is 0 Å². The predicted octanol–water partition coefficient (Wildman–Crippen LogP) is 4.25. The van der Waals surface area contributed by atoms with Crippen molar-refractivity contribution in [3.8, 4) is 5.75 Å². The zero-order chi connectivity index (χ0) is 15.7. The van der Waals surface area contributed by atoms with Crippen molar-refractivity contribution in [1.82, 2.24) is 0 Å². The molecule has 0 fully saturated rings. The minimum absolute atomic E-state index is 1.17. The molecule has 1 aromatic carbocycles. The molecule has 1 aromatic rings. The van der Waals surface area contributed by atoms with E-state index in [1.807, 2.05) is 7.11 Å². The first kappa shape index (κ1) is 18.9. The summed E-state index contributed by atoms with van der Waals surface area (Å²) in [6.45, 7) is 6.83. The Morgan fingerprint density at radius 1 is 0.857 bits per heavy atom. The summed E-state index contributed by atoms with van der Waals surface area (Å²) in [5, 5.41) is 0. The molecule has 0 saturated heterocycles. The summed E-state index contributed by atoms with van der Waals surface area (Å²) in [6, 6.07) is 2.44. The Balaban J connectivity index is 3.21. The Hall–Kier alpha value is -0.181. The number of ether oxygens (including phenoxy) is 1. The first-order chi connectivity index (χ1) is 10.2. The minimum atomic E-state index is 1.17. The third kappa shape index (κ3) is 5.50. The third-order valence-electron chi connectivity index (χ3n) is 4.17. The van der Waals surface area contributed by atoms with Crippen molar-refractivity contribution < 1.29 is 4.74 Å². The average molecular weight is 395 g/mol. The van der Waals surface area contributed by atoms with E-state index < -0.39 is 0 Å². The number of hydrogen-bond donors (Lipinski definition) is 0. The second kappa shape index (κ2) is 10.5. The summed E-state index contributed by atoms with van der Waals surface area (Å²) in [4.78, 5) is 0. The molecule has 0 amide bonds. The van der Waals surface area contributed by atoms with Crippen LogP contribution in [0.4, 0.5) is 0 Å². The first-order valence-electron chi connectivity index (χ1n) is 8.66. The summed E-state index contributed by atoms with van der Waals surface area (Å²) in [5.41, 5.74) is 4.60. The van der Waals surface area contributed by atoms with Gasteiger partial charge >= 0.3 is 145 Å². The second-order valence-electron chi connectivity index (χ2n) is 5.93. The zero-order valence-corrected chi connectivity index (χ0v) is 17.7. The molecule has 1 nitrogen and oxygen atoms in total. The van der Waals surface area contributed by atoms with Crippen LogP contribution in [-0.2, 0) is 19.3 Å². The number of aryl methyl sites for hydroxylation is 1. The van der Waals surface area contributed by atoms with Crippen molar-refractivity contribution in [2.24, 2.45) is 0 Å². The van der Waals surface area contributed by atoms with Crippen molar-refractivity contribution >= 4 is 26.1 Å². The van der Waals surface area contributed by atoms with E-state index in [1.165, 1.54) is 97.2 Å². The van der Waals surface area contributed by atoms with Crippen LogP contribution in [0.2, 0.25) is 0 Å². The maximum atomic E-state index is 5.86. The van der Waals surface area contributed by atoms with Gasteiger partial charge in [-0.2, -0.15) is 0 Å². The van der Waals surface area contributed by atoms with E-state index >= 15 is 0 Å². The van der Waals surface area contributed by atoms with Crippen molar-refractivity contribution in [3.05, 3.63) is 22.8 Å². The second-order valence-corrected chi connectivity index (χ2v) is 7.70. The van der Waals surface area contributed by atoms with Crippen LogP contribution in [-0.4, -0.2) is 29.6 Å². The van der Waals surface area contributed by atoms with E-state index in [9.17, 15) is 0 Å². The fourth-order valence-electron chi connectivity index (χ4n) is 2.92. The van der Waals surface area contributed by atoms with E-state index in [1.54, 1.807) is 9.14 Å². The van der Waals surface area contributed by atoms with Crippen LogP contribution in [0, 0.1) is 0 Å². The Morgan fingerprint density at radius 2 is 1.38 bits per heavy atom. The topological polar surface area (TPSA) is 9.23 Å². The molecule has 0 spiro atoms. The van der Waals surface area contributed by atoms with E-state index in [-0.39, 0.29) is 0 Å². The van der Waals surface area contributed by atoms with Gasteiger partial charge in [-0.15, -0.1) is 0 Å². The summed E-state index contributed by atoms with van der Waals surface area (Å²) in [6.07, 6.45) is 11.2. The fraction of sp³-hybridized carbons (Fsp3) is 0.684. The molecule has 0 saturated carbocycles. The van der Waals surface area contributed by atoms with Gasteiger partial charge in [-0.1, -0.05) is 0 Å². The molecule has 0 aliphatic carbocycles. The van der Waals surface area contributed by atoms with Crippen LogP contribution < -0.4 is 8.32 Å². The Labute approximate surface area is 144 Å². The molecule has 1 rings (SSSR count). The quantitative estimate of drug-likeness (QED) is 0.539. The van der Waals surface area contributed by atoms with Gasteiger partial charge in [0.15, 0.2) is 0 Å². The molecule has 0 atom stereocenters. The van der Waals surface area contributed by atoms with Gasteiger partial charge in [0.05, 0.1) is 0 Å². The number of benzene rings is 1. The molecule has 0 aliphatic rings. The summed E-state index contributed by atoms with van der Waals surface area (Å²) < 4.78 is 7.46. The van der Waals surface area contributed by atoms with Gasteiger partial charge in [0.2, 0.25) is 0 Å². The first-order valence-corrected chi connectivity index (χ1v) is 10.3. The van der Waals surface area contributed by atoms with Gasteiger partial charge in [0.25, 0.3) is 0 Å². The number of methoxy groups -OCH3 is 1. The van der Waals surface area contributed by atoms with Crippen molar-refractivity contribution in [3.63, 3.8) is 0 Å². The van der Waals surface area contributed by atoms with Crippen LogP contribution in [0.15, 0.2) is 6.07 Å². The van der Waals surface area contributed by atoms with E-state index in [0.29, 0.717) is 0 Å². The molecule has 21 heavy (non-hydrogen) atoms. The Bertz CT molecular complexity index is 426. The molecule has 0 unspecified atom stereocenters. The average Bonchev–Trinajstić information content (AvgIpc) is 2.49. The number of unbranched alkanes of at least 4 members (excludes halogenated alkanes) is 3. The Morgan fingerprint density at radius 3 is 1.90 bits per heavy atom. The van der Waals surface area contributed by atoms with E-state index in [0.717, 1.165) is 0 Å². The predicted molar refractivity (Wildman–Crippen MR) is 95.6 cm³/mol. The van der Waals surface area contributed by atoms with Gasteiger partial charge in [0, 0.05) is 0 Å². The number of rotatable bonds is 10.